The van der Waals surface area contributed by atoms with Crippen LogP contribution in [0.15, 0.2) is 27.8 Å². The predicted molar refractivity (Wildman–Crippen MR) is 78.9 cm³/mol. The Morgan fingerprint density at radius 2 is 2.16 bits per heavy atom. The van der Waals surface area contributed by atoms with Gasteiger partial charge in [-0.05, 0) is 40.9 Å². The molecular weight excluding hydrogens is 310 g/mol. The Labute approximate surface area is 121 Å². The van der Waals surface area contributed by atoms with Crippen LogP contribution in [0.25, 0.3) is 0 Å². The third-order valence-corrected chi connectivity index (χ3v) is 4.13. The lowest BCUT2D eigenvalue weighted by Crippen LogP contribution is -2.37. The van der Waals surface area contributed by atoms with Gasteiger partial charge in [-0.15, -0.1) is 0 Å². The van der Waals surface area contributed by atoms with Crippen LogP contribution >= 0.6 is 15.9 Å². The molecule has 6 heteroatoms. The second-order valence-electron chi connectivity index (χ2n) is 4.57. The number of nitrogens with zero attached hydrogens (tertiary/aromatic N) is 2. The summed E-state index contributed by atoms with van der Waals surface area (Å²) in [5.41, 5.74) is 7.46. The average Bonchev–Trinajstić information content (AvgIpc) is 2.46. The molecule has 1 saturated heterocycles. The molecule has 1 aromatic carbocycles. The van der Waals surface area contributed by atoms with Gasteiger partial charge in [0.25, 0.3) is 0 Å². The number of anilines is 1. The number of oxime groups is 1. The first kappa shape index (κ1) is 14.1. The van der Waals surface area contributed by atoms with E-state index in [-0.39, 0.29) is 5.84 Å². The Hall–Kier alpha value is -1.27. The third-order valence-electron chi connectivity index (χ3n) is 3.47. The van der Waals surface area contributed by atoms with Crippen molar-refractivity contribution in [2.45, 2.75) is 18.9 Å². The van der Waals surface area contributed by atoms with Crippen LogP contribution in [-0.4, -0.2) is 37.3 Å². The molecule has 0 spiro atoms. The SMILES string of the molecule is CN(c1cccc(Br)c1/C(N)=N/O)C1CCOCC1. The highest BCUT2D eigenvalue weighted by Gasteiger charge is 2.22. The molecule has 0 atom stereocenters. The van der Waals surface area contributed by atoms with Crippen LogP contribution < -0.4 is 10.6 Å². The lowest BCUT2D eigenvalue weighted by molar-refractivity contribution is 0.0855. The first-order valence-corrected chi connectivity index (χ1v) is 7.01. The fourth-order valence-corrected chi connectivity index (χ4v) is 2.94. The molecule has 1 aliphatic rings. The molecule has 0 radical (unpaired) electrons. The van der Waals surface area contributed by atoms with E-state index in [2.05, 4.69) is 26.0 Å². The van der Waals surface area contributed by atoms with Gasteiger partial charge in [0, 0.05) is 36.5 Å². The standard InChI is InChI=1S/C13H18BrN3O2/c1-17(9-5-7-19-8-6-9)11-4-2-3-10(14)12(11)13(15)16-18/h2-4,9,18H,5-8H2,1H3,(H2,15,16). The van der Waals surface area contributed by atoms with E-state index in [1.807, 2.05) is 25.2 Å². The van der Waals surface area contributed by atoms with Crippen molar-refractivity contribution in [3.63, 3.8) is 0 Å². The minimum absolute atomic E-state index is 0.112. The van der Waals surface area contributed by atoms with Crippen LogP contribution in [0.3, 0.4) is 0 Å². The minimum atomic E-state index is 0.112. The van der Waals surface area contributed by atoms with Gasteiger partial charge in [0.05, 0.1) is 5.56 Å². The maximum atomic E-state index is 8.93. The molecule has 3 N–H and O–H groups in total. The third kappa shape index (κ3) is 3.01. The Morgan fingerprint density at radius 1 is 1.47 bits per heavy atom. The van der Waals surface area contributed by atoms with Gasteiger partial charge in [0.1, 0.15) is 0 Å². The molecule has 0 amide bonds. The van der Waals surface area contributed by atoms with E-state index in [1.54, 1.807) is 0 Å². The zero-order valence-corrected chi connectivity index (χ0v) is 12.4. The summed E-state index contributed by atoms with van der Waals surface area (Å²) >= 11 is 3.46. The minimum Gasteiger partial charge on any atom is -0.409 e. The van der Waals surface area contributed by atoms with Crippen LogP contribution in [-0.2, 0) is 4.74 Å². The van der Waals surface area contributed by atoms with Crippen molar-refractivity contribution in [3.05, 3.63) is 28.2 Å². The van der Waals surface area contributed by atoms with Crippen molar-refractivity contribution in [1.82, 2.24) is 0 Å². The molecule has 0 aliphatic carbocycles. The monoisotopic (exact) mass is 327 g/mol. The highest BCUT2D eigenvalue weighted by Crippen LogP contribution is 2.30. The van der Waals surface area contributed by atoms with Crippen molar-refractivity contribution >= 4 is 27.5 Å². The molecule has 0 unspecified atom stereocenters. The van der Waals surface area contributed by atoms with E-state index >= 15 is 0 Å². The maximum Gasteiger partial charge on any atom is 0.173 e. The predicted octanol–water partition coefficient (Wildman–Crippen LogP) is 2.16. The van der Waals surface area contributed by atoms with Gasteiger partial charge in [0.15, 0.2) is 5.84 Å². The van der Waals surface area contributed by atoms with E-state index in [0.29, 0.717) is 6.04 Å². The summed E-state index contributed by atoms with van der Waals surface area (Å²) in [4.78, 5) is 2.18. The maximum absolute atomic E-state index is 8.93. The molecule has 2 rings (SSSR count). The highest BCUT2D eigenvalue weighted by atomic mass is 79.9. The van der Waals surface area contributed by atoms with Crippen LogP contribution in [0.5, 0.6) is 0 Å². The number of nitrogens with two attached hydrogens (primary N) is 1. The summed E-state index contributed by atoms with van der Waals surface area (Å²) in [5.74, 6) is 0.112. The molecule has 0 saturated carbocycles. The molecule has 0 aromatic heterocycles. The Balaban J connectivity index is 2.35. The Bertz CT molecular complexity index is 473. The van der Waals surface area contributed by atoms with Gasteiger partial charge >= 0.3 is 0 Å². The van der Waals surface area contributed by atoms with Gasteiger partial charge in [-0.3, -0.25) is 0 Å². The molecular formula is C13H18BrN3O2. The Kier molecular flexibility index (Phi) is 4.66. The van der Waals surface area contributed by atoms with Crippen LogP contribution in [0.4, 0.5) is 5.69 Å². The van der Waals surface area contributed by atoms with Crippen molar-refractivity contribution < 1.29 is 9.94 Å². The van der Waals surface area contributed by atoms with Gasteiger partial charge in [0.2, 0.25) is 0 Å². The van der Waals surface area contributed by atoms with E-state index in [9.17, 15) is 0 Å². The fourth-order valence-electron chi connectivity index (χ4n) is 2.38. The van der Waals surface area contributed by atoms with E-state index < -0.39 is 0 Å². The molecule has 0 bridgehead atoms. The van der Waals surface area contributed by atoms with E-state index in [4.69, 9.17) is 15.7 Å². The van der Waals surface area contributed by atoms with Crippen molar-refractivity contribution in [1.29, 1.82) is 0 Å². The number of rotatable bonds is 3. The fraction of sp³-hybridized carbons (Fsp3) is 0.462. The van der Waals surface area contributed by atoms with Crippen LogP contribution in [0, 0.1) is 0 Å². The number of hydrogen-bond donors (Lipinski definition) is 2. The van der Waals surface area contributed by atoms with E-state index in [1.165, 1.54) is 0 Å². The number of ether oxygens (including phenoxy) is 1. The number of amidine groups is 1. The molecule has 1 aromatic rings. The molecule has 1 fully saturated rings. The zero-order chi connectivity index (χ0) is 13.8. The summed E-state index contributed by atoms with van der Waals surface area (Å²) in [5, 5.41) is 12.1. The summed E-state index contributed by atoms with van der Waals surface area (Å²) in [6.07, 6.45) is 1.97. The van der Waals surface area contributed by atoms with Crippen LogP contribution in [0.1, 0.15) is 18.4 Å². The molecule has 19 heavy (non-hydrogen) atoms. The van der Waals surface area contributed by atoms with Crippen molar-refractivity contribution in [3.8, 4) is 0 Å². The smallest absolute Gasteiger partial charge is 0.173 e. The number of halogens is 1. The van der Waals surface area contributed by atoms with Gasteiger partial charge in [-0.1, -0.05) is 11.2 Å². The molecule has 1 heterocycles. The normalized spacial score (nSPS) is 17.5. The van der Waals surface area contributed by atoms with Crippen LogP contribution in [0.2, 0.25) is 0 Å². The molecule has 5 nitrogen and oxygen atoms in total. The second kappa shape index (κ2) is 6.25. The van der Waals surface area contributed by atoms with Gasteiger partial charge in [-0.2, -0.15) is 0 Å². The van der Waals surface area contributed by atoms with Crippen molar-refractivity contribution in [2.75, 3.05) is 25.2 Å². The van der Waals surface area contributed by atoms with Gasteiger partial charge < -0.3 is 20.6 Å². The number of benzene rings is 1. The van der Waals surface area contributed by atoms with Gasteiger partial charge in [-0.25, -0.2) is 0 Å². The summed E-state index contributed by atoms with van der Waals surface area (Å²) in [6.45, 7) is 1.56. The summed E-state index contributed by atoms with van der Waals surface area (Å²) in [6, 6.07) is 6.22. The molecule has 104 valence electrons. The average molecular weight is 328 g/mol. The first-order chi connectivity index (χ1) is 9.15. The van der Waals surface area contributed by atoms with Crippen molar-refractivity contribution in [2.24, 2.45) is 10.9 Å². The second-order valence-corrected chi connectivity index (χ2v) is 5.43. The topological polar surface area (TPSA) is 71.1 Å². The lowest BCUT2D eigenvalue weighted by atomic mass is 10.0. The quantitative estimate of drug-likeness (QED) is 0.386. The lowest BCUT2D eigenvalue weighted by Gasteiger charge is -2.34. The summed E-state index contributed by atoms with van der Waals surface area (Å²) < 4.78 is 6.20. The first-order valence-electron chi connectivity index (χ1n) is 6.22. The van der Waals surface area contributed by atoms with E-state index in [0.717, 1.165) is 41.8 Å². The largest absolute Gasteiger partial charge is 0.409 e. The Morgan fingerprint density at radius 3 is 2.79 bits per heavy atom. The zero-order valence-electron chi connectivity index (χ0n) is 10.8. The molecule has 1 aliphatic heterocycles. The highest BCUT2D eigenvalue weighted by molar-refractivity contribution is 9.10. The number of hydrogen-bond acceptors (Lipinski definition) is 4. The summed E-state index contributed by atoms with van der Waals surface area (Å²) in [7, 11) is 2.03.